The Morgan fingerprint density at radius 3 is 2.52 bits per heavy atom. The van der Waals surface area contributed by atoms with Crippen LogP contribution >= 0.6 is 0 Å². The van der Waals surface area contributed by atoms with E-state index in [1.807, 2.05) is 37.3 Å². The zero-order valence-corrected chi connectivity index (χ0v) is 15.1. The number of carboxylic acids is 1. The van der Waals surface area contributed by atoms with Crippen molar-refractivity contribution in [2.45, 2.75) is 20.0 Å². The summed E-state index contributed by atoms with van der Waals surface area (Å²) in [6, 6.07) is 13.4. The summed E-state index contributed by atoms with van der Waals surface area (Å²) in [5.74, 6) is -1.39. The number of benzene rings is 2. The summed E-state index contributed by atoms with van der Waals surface area (Å²) in [6.07, 6.45) is -0.757. The van der Waals surface area contributed by atoms with Crippen molar-refractivity contribution in [1.29, 1.82) is 0 Å². The van der Waals surface area contributed by atoms with Crippen LogP contribution in [-0.2, 0) is 9.59 Å². The van der Waals surface area contributed by atoms with Gasteiger partial charge in [0.2, 0.25) is 5.91 Å². The molecule has 2 amide bonds. The molecule has 0 bridgehead atoms. The van der Waals surface area contributed by atoms with Crippen LogP contribution in [-0.4, -0.2) is 42.1 Å². The highest BCUT2D eigenvalue weighted by Crippen LogP contribution is 2.35. The molecule has 3 rings (SSSR count). The van der Waals surface area contributed by atoms with Crippen molar-refractivity contribution in [1.82, 2.24) is 0 Å². The maximum Gasteiger partial charge on any atom is 0.335 e. The summed E-state index contributed by atoms with van der Waals surface area (Å²) < 4.78 is 5.55. The van der Waals surface area contributed by atoms with Crippen molar-refractivity contribution in [2.24, 2.45) is 0 Å². The minimum atomic E-state index is -1.12. The van der Waals surface area contributed by atoms with Crippen LogP contribution in [0.15, 0.2) is 48.5 Å². The molecular formula is C20H20N2O5. The van der Waals surface area contributed by atoms with E-state index in [1.165, 1.54) is 23.1 Å². The second-order valence-corrected chi connectivity index (χ2v) is 6.15. The summed E-state index contributed by atoms with van der Waals surface area (Å²) in [6.45, 7) is 3.69. The van der Waals surface area contributed by atoms with E-state index >= 15 is 0 Å². The third kappa shape index (κ3) is 3.62. The Balaban J connectivity index is 1.93. The number of carboxylic acid groups (broad SMARTS) is 1. The molecule has 1 aliphatic heterocycles. The van der Waals surface area contributed by atoms with Gasteiger partial charge in [0.15, 0.2) is 6.10 Å². The van der Waals surface area contributed by atoms with Gasteiger partial charge in [0, 0.05) is 12.2 Å². The van der Waals surface area contributed by atoms with Gasteiger partial charge in [-0.2, -0.15) is 0 Å². The highest BCUT2D eigenvalue weighted by Gasteiger charge is 2.34. The Labute approximate surface area is 156 Å². The van der Waals surface area contributed by atoms with Crippen molar-refractivity contribution in [2.75, 3.05) is 22.9 Å². The van der Waals surface area contributed by atoms with E-state index in [-0.39, 0.29) is 29.6 Å². The van der Waals surface area contributed by atoms with Crippen LogP contribution in [0.5, 0.6) is 5.75 Å². The maximum absolute atomic E-state index is 12.9. The molecule has 1 unspecified atom stereocenters. The van der Waals surface area contributed by atoms with Crippen molar-refractivity contribution in [3.05, 3.63) is 54.1 Å². The van der Waals surface area contributed by atoms with Gasteiger partial charge in [-0.25, -0.2) is 4.79 Å². The zero-order valence-electron chi connectivity index (χ0n) is 15.1. The lowest BCUT2D eigenvalue weighted by Gasteiger charge is -2.34. The summed E-state index contributed by atoms with van der Waals surface area (Å²) in [4.78, 5) is 39.7. The largest absolute Gasteiger partial charge is 0.479 e. The average molecular weight is 368 g/mol. The van der Waals surface area contributed by atoms with Crippen LogP contribution in [0.25, 0.3) is 0 Å². The van der Waals surface area contributed by atoms with E-state index in [9.17, 15) is 19.5 Å². The Hall–Kier alpha value is -3.35. The Morgan fingerprint density at radius 2 is 1.89 bits per heavy atom. The molecule has 7 heteroatoms. The highest BCUT2D eigenvalue weighted by molar-refractivity contribution is 6.07. The fourth-order valence-electron chi connectivity index (χ4n) is 3.03. The molecule has 2 aromatic carbocycles. The molecule has 0 aromatic heterocycles. The predicted molar refractivity (Wildman–Crippen MR) is 100 cm³/mol. The number of anilines is 2. The van der Waals surface area contributed by atoms with Crippen LogP contribution in [0, 0.1) is 0 Å². The molecule has 7 nitrogen and oxygen atoms in total. The molecule has 0 saturated heterocycles. The molecule has 0 radical (unpaired) electrons. The van der Waals surface area contributed by atoms with E-state index in [2.05, 4.69) is 0 Å². The van der Waals surface area contributed by atoms with Crippen LogP contribution in [0.3, 0.4) is 0 Å². The Morgan fingerprint density at radius 1 is 1.19 bits per heavy atom. The molecular weight excluding hydrogens is 348 g/mol. The average Bonchev–Trinajstić information content (AvgIpc) is 2.66. The topological polar surface area (TPSA) is 87.2 Å². The van der Waals surface area contributed by atoms with Crippen molar-refractivity contribution < 1.29 is 24.2 Å². The normalized spacial score (nSPS) is 15.7. The van der Waals surface area contributed by atoms with E-state index in [4.69, 9.17) is 4.74 Å². The molecule has 1 heterocycles. The van der Waals surface area contributed by atoms with Gasteiger partial charge in [-0.3, -0.25) is 14.5 Å². The molecule has 0 saturated carbocycles. The van der Waals surface area contributed by atoms with Crippen LogP contribution in [0.1, 0.15) is 24.2 Å². The first-order valence-corrected chi connectivity index (χ1v) is 8.63. The van der Waals surface area contributed by atoms with Crippen LogP contribution < -0.4 is 14.5 Å². The molecule has 27 heavy (non-hydrogen) atoms. The maximum atomic E-state index is 12.9. The number of para-hydroxylation sites is 1. The fraction of sp³-hybridized carbons (Fsp3) is 0.250. The minimum absolute atomic E-state index is 0.0209. The number of rotatable bonds is 5. The summed E-state index contributed by atoms with van der Waals surface area (Å²) in [7, 11) is 0. The monoisotopic (exact) mass is 368 g/mol. The predicted octanol–water partition coefficient (Wildman–Crippen LogP) is 2.55. The lowest BCUT2D eigenvalue weighted by molar-refractivity contribution is -0.127. The van der Waals surface area contributed by atoms with Gasteiger partial charge in [0.05, 0.1) is 11.3 Å². The van der Waals surface area contributed by atoms with Crippen molar-refractivity contribution >= 4 is 29.2 Å². The zero-order chi connectivity index (χ0) is 19.6. The van der Waals surface area contributed by atoms with Gasteiger partial charge in [-0.15, -0.1) is 0 Å². The first-order valence-electron chi connectivity index (χ1n) is 8.63. The van der Waals surface area contributed by atoms with E-state index in [0.29, 0.717) is 12.3 Å². The van der Waals surface area contributed by atoms with E-state index in [1.54, 1.807) is 11.8 Å². The first-order chi connectivity index (χ1) is 12.9. The van der Waals surface area contributed by atoms with Gasteiger partial charge < -0.3 is 14.7 Å². The molecule has 1 N–H and O–H groups in total. The van der Waals surface area contributed by atoms with Gasteiger partial charge in [0.25, 0.3) is 5.91 Å². The summed E-state index contributed by atoms with van der Waals surface area (Å²) >= 11 is 0. The number of carbonyl (C=O) groups excluding carboxylic acids is 2. The van der Waals surface area contributed by atoms with Crippen LogP contribution in [0.2, 0.25) is 0 Å². The molecule has 1 aliphatic rings. The van der Waals surface area contributed by atoms with E-state index in [0.717, 1.165) is 5.69 Å². The van der Waals surface area contributed by atoms with Gasteiger partial charge in [-0.1, -0.05) is 18.2 Å². The summed E-state index contributed by atoms with van der Waals surface area (Å²) in [5.41, 5.74) is 1.04. The quantitative estimate of drug-likeness (QED) is 0.876. The summed E-state index contributed by atoms with van der Waals surface area (Å²) in [5, 5.41) is 9.23. The number of hydrogen-bond acceptors (Lipinski definition) is 4. The smallest absolute Gasteiger partial charge is 0.335 e. The standard InChI is InChI=1S/C20H20N2O5/c1-3-21(15-7-5-4-6-8-15)18(23)12-22-16-11-14(20(25)26)9-10-17(16)27-13(2)19(22)24/h4-11,13H,3,12H2,1-2H3,(H,25,26). The second-order valence-electron chi connectivity index (χ2n) is 6.15. The Bertz CT molecular complexity index is 881. The number of carbonyl (C=O) groups is 3. The lowest BCUT2D eigenvalue weighted by Crippen LogP contribution is -2.49. The lowest BCUT2D eigenvalue weighted by atomic mass is 10.1. The number of aromatic carboxylic acids is 1. The van der Waals surface area contributed by atoms with Crippen molar-refractivity contribution in [3.8, 4) is 5.75 Å². The number of nitrogens with zero attached hydrogens (tertiary/aromatic N) is 2. The molecule has 140 valence electrons. The minimum Gasteiger partial charge on any atom is -0.479 e. The first kappa shape index (κ1) is 18.4. The number of ether oxygens (including phenoxy) is 1. The Kier molecular flexibility index (Phi) is 5.12. The molecule has 0 spiro atoms. The molecule has 0 aliphatic carbocycles. The number of amides is 2. The third-order valence-corrected chi connectivity index (χ3v) is 4.39. The van der Waals surface area contributed by atoms with Gasteiger partial charge in [0.1, 0.15) is 12.3 Å². The van der Waals surface area contributed by atoms with Crippen LogP contribution in [0.4, 0.5) is 11.4 Å². The highest BCUT2D eigenvalue weighted by atomic mass is 16.5. The number of hydrogen-bond donors (Lipinski definition) is 1. The third-order valence-electron chi connectivity index (χ3n) is 4.39. The molecule has 0 fully saturated rings. The van der Waals surface area contributed by atoms with Crippen molar-refractivity contribution in [3.63, 3.8) is 0 Å². The van der Waals surface area contributed by atoms with Gasteiger partial charge in [-0.05, 0) is 44.2 Å². The van der Waals surface area contributed by atoms with E-state index < -0.39 is 12.1 Å². The fourth-order valence-corrected chi connectivity index (χ4v) is 3.03. The SMILES string of the molecule is CCN(C(=O)CN1C(=O)C(C)Oc2ccc(C(=O)O)cc21)c1ccccc1. The second kappa shape index (κ2) is 7.49. The molecule has 2 aromatic rings. The molecule has 1 atom stereocenters. The number of likely N-dealkylation sites (N-methyl/N-ethyl adjacent to an activating group) is 1. The number of fused-ring (bicyclic) bond motifs is 1. The van der Waals surface area contributed by atoms with Gasteiger partial charge >= 0.3 is 5.97 Å².